The van der Waals surface area contributed by atoms with Gasteiger partial charge in [-0.1, -0.05) is 13.0 Å². The fourth-order valence-corrected chi connectivity index (χ4v) is 4.20. The minimum Gasteiger partial charge on any atom is -0.487 e. The lowest BCUT2D eigenvalue weighted by molar-refractivity contribution is 0.0848. The first-order valence-electron chi connectivity index (χ1n) is 8.80. The van der Waals surface area contributed by atoms with E-state index >= 15 is 0 Å². The third-order valence-corrected chi connectivity index (χ3v) is 6.21. The van der Waals surface area contributed by atoms with Gasteiger partial charge < -0.3 is 4.74 Å². The normalized spacial score (nSPS) is 10.5. The summed E-state index contributed by atoms with van der Waals surface area (Å²) in [5.74, 6) is -0.175. The number of aromatic nitrogens is 1. The first-order valence-corrected chi connectivity index (χ1v) is 10.5. The summed E-state index contributed by atoms with van der Waals surface area (Å²) in [4.78, 5) is 30.7. The predicted octanol–water partition coefficient (Wildman–Crippen LogP) is 4.04. The van der Waals surface area contributed by atoms with E-state index in [-0.39, 0.29) is 5.91 Å². The van der Waals surface area contributed by atoms with Gasteiger partial charge in [0.15, 0.2) is 0 Å². The number of aryl methyl sites for hydroxylation is 3. The second-order valence-electron chi connectivity index (χ2n) is 6.15. The number of ether oxygens (including phenoxy) is 1. The molecular formula is C20H21N3O3S2. The zero-order valence-corrected chi connectivity index (χ0v) is 17.5. The maximum absolute atomic E-state index is 12.3. The number of thiazole rings is 1. The molecule has 2 heterocycles. The van der Waals surface area contributed by atoms with E-state index in [1.165, 1.54) is 11.3 Å². The van der Waals surface area contributed by atoms with Crippen LogP contribution in [0.3, 0.4) is 0 Å². The quantitative estimate of drug-likeness (QED) is 0.596. The van der Waals surface area contributed by atoms with Crippen LogP contribution in [0.2, 0.25) is 0 Å². The number of nitrogens with one attached hydrogen (secondary N) is 2. The number of hydrazine groups is 1. The Bertz CT molecular complexity index is 994. The average molecular weight is 416 g/mol. The van der Waals surface area contributed by atoms with Crippen molar-refractivity contribution in [1.82, 2.24) is 15.8 Å². The zero-order chi connectivity index (χ0) is 20.1. The summed E-state index contributed by atoms with van der Waals surface area (Å²) in [5.41, 5.74) is 7.24. The Kier molecular flexibility index (Phi) is 6.43. The third-order valence-electron chi connectivity index (χ3n) is 4.00. The van der Waals surface area contributed by atoms with Gasteiger partial charge in [0, 0.05) is 15.8 Å². The summed E-state index contributed by atoms with van der Waals surface area (Å²) < 4.78 is 5.70. The lowest BCUT2D eigenvalue weighted by atomic mass is 10.2. The van der Waals surface area contributed by atoms with Crippen molar-refractivity contribution in [2.24, 2.45) is 0 Å². The summed E-state index contributed by atoms with van der Waals surface area (Å²) in [6, 6.07) is 8.63. The van der Waals surface area contributed by atoms with Crippen LogP contribution in [0.1, 0.15) is 48.1 Å². The van der Waals surface area contributed by atoms with E-state index in [0.717, 1.165) is 27.6 Å². The molecule has 2 amide bonds. The van der Waals surface area contributed by atoms with Crippen LogP contribution in [0.4, 0.5) is 0 Å². The minimum atomic E-state index is -0.410. The maximum Gasteiger partial charge on any atom is 0.279 e. The zero-order valence-electron chi connectivity index (χ0n) is 15.9. The molecule has 0 fully saturated rings. The fourth-order valence-electron chi connectivity index (χ4n) is 2.59. The van der Waals surface area contributed by atoms with Crippen LogP contribution in [-0.2, 0) is 13.0 Å². The lowest BCUT2D eigenvalue weighted by Crippen LogP contribution is -2.41. The molecule has 0 saturated heterocycles. The second-order valence-corrected chi connectivity index (χ2v) is 8.35. The van der Waals surface area contributed by atoms with Crippen LogP contribution in [0, 0.1) is 13.8 Å². The first-order chi connectivity index (χ1) is 13.5. The van der Waals surface area contributed by atoms with E-state index < -0.39 is 5.91 Å². The molecule has 0 bridgehead atoms. The Hall–Kier alpha value is -2.71. The van der Waals surface area contributed by atoms with E-state index in [4.69, 9.17) is 4.74 Å². The highest BCUT2D eigenvalue weighted by Gasteiger charge is 2.13. The highest BCUT2D eigenvalue weighted by atomic mass is 32.1. The SMILES string of the molecule is CCc1sc(C(=O)NNC(=O)c2cccc(OCc3csc(C)n3)c2)cc1C. The van der Waals surface area contributed by atoms with Crippen molar-refractivity contribution in [2.45, 2.75) is 33.8 Å². The molecule has 146 valence electrons. The van der Waals surface area contributed by atoms with Gasteiger partial charge in [-0.15, -0.1) is 22.7 Å². The van der Waals surface area contributed by atoms with Crippen molar-refractivity contribution < 1.29 is 14.3 Å². The van der Waals surface area contributed by atoms with E-state index in [0.29, 0.717) is 22.8 Å². The van der Waals surface area contributed by atoms with E-state index in [2.05, 4.69) is 15.8 Å². The summed E-state index contributed by atoms with van der Waals surface area (Å²) in [6.45, 7) is 6.30. The van der Waals surface area contributed by atoms with Gasteiger partial charge in [0.05, 0.1) is 15.6 Å². The number of thiophene rings is 1. The molecule has 2 aromatic heterocycles. The smallest absolute Gasteiger partial charge is 0.279 e. The van der Waals surface area contributed by atoms with Gasteiger partial charge in [0.1, 0.15) is 12.4 Å². The molecule has 3 aromatic rings. The Labute approximate surface area is 171 Å². The van der Waals surface area contributed by atoms with Crippen LogP contribution in [0.15, 0.2) is 35.7 Å². The number of benzene rings is 1. The first kappa shape index (κ1) is 20.0. The second kappa shape index (κ2) is 8.99. The molecule has 3 rings (SSSR count). The molecule has 0 unspecified atom stereocenters. The van der Waals surface area contributed by atoms with Crippen LogP contribution < -0.4 is 15.6 Å². The van der Waals surface area contributed by atoms with Crippen LogP contribution in [0.25, 0.3) is 0 Å². The monoisotopic (exact) mass is 415 g/mol. The van der Waals surface area contributed by atoms with Crippen molar-refractivity contribution in [2.75, 3.05) is 0 Å². The number of carbonyl (C=O) groups excluding carboxylic acids is 2. The van der Waals surface area contributed by atoms with Crippen molar-refractivity contribution in [3.8, 4) is 5.75 Å². The number of rotatable bonds is 6. The lowest BCUT2D eigenvalue weighted by Gasteiger charge is -2.08. The fraction of sp³-hybridized carbons (Fsp3) is 0.250. The van der Waals surface area contributed by atoms with Gasteiger partial charge in [-0.25, -0.2) is 4.98 Å². The van der Waals surface area contributed by atoms with Gasteiger partial charge in [-0.3, -0.25) is 20.4 Å². The standard InChI is InChI=1S/C20H21N3O3S2/c1-4-17-12(2)8-18(28-17)20(25)23-22-19(24)14-6-5-7-16(9-14)26-10-15-11-27-13(3)21-15/h5-9,11H,4,10H2,1-3H3,(H,22,24)(H,23,25). The minimum absolute atomic E-state index is 0.326. The molecule has 0 aliphatic carbocycles. The number of carbonyl (C=O) groups is 2. The molecule has 0 saturated carbocycles. The van der Waals surface area contributed by atoms with Crippen LogP contribution >= 0.6 is 22.7 Å². The largest absolute Gasteiger partial charge is 0.487 e. The molecule has 1 aromatic carbocycles. The molecule has 0 spiro atoms. The Balaban J connectivity index is 1.57. The molecule has 0 aliphatic heterocycles. The van der Waals surface area contributed by atoms with E-state index in [1.54, 1.807) is 35.6 Å². The summed E-state index contributed by atoms with van der Waals surface area (Å²) in [7, 11) is 0. The van der Waals surface area contributed by atoms with Crippen molar-refractivity contribution >= 4 is 34.5 Å². The van der Waals surface area contributed by atoms with E-state index in [1.807, 2.05) is 32.2 Å². The van der Waals surface area contributed by atoms with E-state index in [9.17, 15) is 9.59 Å². The maximum atomic E-state index is 12.3. The van der Waals surface area contributed by atoms with Crippen molar-refractivity contribution in [3.05, 3.63) is 67.3 Å². The number of nitrogens with zero attached hydrogens (tertiary/aromatic N) is 1. The molecule has 2 N–H and O–H groups in total. The van der Waals surface area contributed by atoms with Gasteiger partial charge in [-0.05, 0) is 50.1 Å². The molecule has 28 heavy (non-hydrogen) atoms. The van der Waals surface area contributed by atoms with Crippen molar-refractivity contribution in [3.63, 3.8) is 0 Å². The van der Waals surface area contributed by atoms with Crippen LogP contribution in [-0.4, -0.2) is 16.8 Å². The highest BCUT2D eigenvalue weighted by Crippen LogP contribution is 2.22. The topological polar surface area (TPSA) is 80.3 Å². The summed E-state index contributed by atoms with van der Waals surface area (Å²) in [5, 5.41) is 2.92. The molecule has 0 atom stereocenters. The molecule has 0 aliphatic rings. The van der Waals surface area contributed by atoms with Crippen LogP contribution in [0.5, 0.6) is 5.75 Å². The Morgan fingerprint density at radius 3 is 2.61 bits per heavy atom. The summed E-state index contributed by atoms with van der Waals surface area (Å²) in [6.07, 6.45) is 0.878. The Morgan fingerprint density at radius 2 is 1.93 bits per heavy atom. The molecular weight excluding hydrogens is 394 g/mol. The number of amides is 2. The number of hydrogen-bond acceptors (Lipinski definition) is 6. The van der Waals surface area contributed by atoms with Crippen molar-refractivity contribution in [1.29, 1.82) is 0 Å². The predicted molar refractivity (Wildman–Crippen MR) is 111 cm³/mol. The highest BCUT2D eigenvalue weighted by molar-refractivity contribution is 7.14. The molecule has 8 heteroatoms. The summed E-state index contributed by atoms with van der Waals surface area (Å²) >= 11 is 3.00. The van der Waals surface area contributed by atoms with Gasteiger partial charge in [0.25, 0.3) is 11.8 Å². The van der Waals surface area contributed by atoms with Gasteiger partial charge in [-0.2, -0.15) is 0 Å². The third kappa shape index (κ3) is 4.96. The molecule has 6 nitrogen and oxygen atoms in total. The Morgan fingerprint density at radius 1 is 1.14 bits per heavy atom. The molecule has 0 radical (unpaired) electrons. The van der Waals surface area contributed by atoms with Gasteiger partial charge in [0.2, 0.25) is 0 Å². The average Bonchev–Trinajstić information content (AvgIpc) is 3.29. The number of hydrogen-bond donors (Lipinski definition) is 2. The van der Waals surface area contributed by atoms with Gasteiger partial charge >= 0.3 is 0 Å².